The van der Waals surface area contributed by atoms with Crippen LogP contribution in [0.4, 0.5) is 5.69 Å². The van der Waals surface area contributed by atoms with Gasteiger partial charge in [-0.2, -0.15) is 0 Å². The van der Waals surface area contributed by atoms with E-state index >= 15 is 0 Å². The third-order valence-electron chi connectivity index (χ3n) is 5.64. The molecule has 0 atom stereocenters. The molecule has 0 unspecified atom stereocenters. The largest absolute Gasteiger partial charge is 0.318 e. The lowest BCUT2D eigenvalue weighted by atomic mass is 10.1. The van der Waals surface area contributed by atoms with E-state index in [2.05, 4.69) is 12.1 Å². The first-order valence-electron chi connectivity index (χ1n) is 10.6. The highest BCUT2D eigenvalue weighted by Crippen LogP contribution is 2.34. The highest BCUT2D eigenvalue weighted by atomic mass is 32.2. The number of rotatable bonds is 7. The molecular formula is C25H23N3O3S2. The number of hydrogen-bond acceptors (Lipinski definition) is 5. The summed E-state index contributed by atoms with van der Waals surface area (Å²) in [4.78, 5) is 25.8. The molecule has 3 aromatic rings. The van der Waals surface area contributed by atoms with Gasteiger partial charge in [-0.15, -0.1) is 0 Å². The van der Waals surface area contributed by atoms with Crippen molar-refractivity contribution in [3.05, 3.63) is 98.2 Å². The first-order chi connectivity index (χ1) is 15.8. The van der Waals surface area contributed by atoms with Crippen LogP contribution >= 0.6 is 24.0 Å². The van der Waals surface area contributed by atoms with Gasteiger partial charge in [0.2, 0.25) is 0 Å². The summed E-state index contributed by atoms with van der Waals surface area (Å²) in [5.41, 5.74) is 5.00. The van der Waals surface area contributed by atoms with Crippen LogP contribution in [0.1, 0.15) is 28.9 Å². The number of carbonyl (C=O) groups is 1. The molecule has 6 nitrogen and oxygen atoms in total. The van der Waals surface area contributed by atoms with Crippen LogP contribution in [0.3, 0.4) is 0 Å². The number of non-ortho nitro benzene ring substituents is 1. The zero-order chi connectivity index (χ0) is 23.5. The Labute approximate surface area is 202 Å². The lowest BCUT2D eigenvalue weighted by Gasteiger charge is -2.14. The van der Waals surface area contributed by atoms with Gasteiger partial charge in [0.15, 0.2) is 0 Å². The maximum Gasteiger partial charge on any atom is 0.269 e. The summed E-state index contributed by atoms with van der Waals surface area (Å²) in [5.74, 6) is -0.0572. The van der Waals surface area contributed by atoms with Crippen molar-refractivity contribution >= 4 is 46.0 Å². The maximum absolute atomic E-state index is 13.0. The molecule has 0 saturated carbocycles. The fourth-order valence-electron chi connectivity index (χ4n) is 3.97. The van der Waals surface area contributed by atoms with Gasteiger partial charge in [-0.3, -0.25) is 19.8 Å². The van der Waals surface area contributed by atoms with E-state index in [0.717, 1.165) is 35.5 Å². The van der Waals surface area contributed by atoms with Crippen molar-refractivity contribution in [3.8, 4) is 5.69 Å². The molecule has 1 saturated heterocycles. The van der Waals surface area contributed by atoms with Gasteiger partial charge in [0.25, 0.3) is 11.6 Å². The average molecular weight is 478 g/mol. The van der Waals surface area contributed by atoms with E-state index in [0.29, 0.717) is 15.8 Å². The molecule has 0 bridgehead atoms. The van der Waals surface area contributed by atoms with E-state index < -0.39 is 4.92 Å². The van der Waals surface area contributed by atoms with Crippen molar-refractivity contribution in [2.24, 2.45) is 0 Å². The van der Waals surface area contributed by atoms with Crippen molar-refractivity contribution in [1.29, 1.82) is 0 Å². The van der Waals surface area contributed by atoms with Gasteiger partial charge in [-0.05, 0) is 62.1 Å². The van der Waals surface area contributed by atoms with Gasteiger partial charge in [-0.1, -0.05) is 54.3 Å². The number of nitrogens with zero attached hydrogens (tertiary/aromatic N) is 3. The summed E-state index contributed by atoms with van der Waals surface area (Å²) >= 11 is 6.81. The molecule has 1 aliphatic rings. The van der Waals surface area contributed by atoms with Crippen LogP contribution in [0.15, 0.2) is 65.6 Å². The minimum Gasteiger partial charge on any atom is -0.318 e. The molecule has 1 aliphatic heterocycles. The second-order valence-corrected chi connectivity index (χ2v) is 9.53. The smallest absolute Gasteiger partial charge is 0.269 e. The number of nitro groups is 1. The quantitative estimate of drug-likeness (QED) is 0.185. The monoisotopic (exact) mass is 477 g/mol. The molecule has 1 fully saturated rings. The summed E-state index contributed by atoms with van der Waals surface area (Å²) in [5, 5.41) is 10.9. The molecule has 2 heterocycles. The van der Waals surface area contributed by atoms with Crippen LogP contribution < -0.4 is 0 Å². The molecule has 2 aromatic carbocycles. The van der Waals surface area contributed by atoms with Crippen LogP contribution in [0.25, 0.3) is 11.8 Å². The number of thiocarbonyl (C=S) groups is 1. The number of amides is 1. The number of aromatic nitrogens is 1. The Morgan fingerprint density at radius 2 is 1.79 bits per heavy atom. The van der Waals surface area contributed by atoms with E-state index in [1.54, 1.807) is 17.0 Å². The summed E-state index contributed by atoms with van der Waals surface area (Å²) in [6.07, 6.45) is 3.63. The third-order valence-corrected chi connectivity index (χ3v) is 7.02. The predicted molar refractivity (Wildman–Crippen MR) is 137 cm³/mol. The lowest BCUT2D eigenvalue weighted by molar-refractivity contribution is -0.384. The number of hydrogen-bond donors (Lipinski definition) is 0. The van der Waals surface area contributed by atoms with Gasteiger partial charge >= 0.3 is 0 Å². The van der Waals surface area contributed by atoms with Crippen molar-refractivity contribution < 1.29 is 9.72 Å². The Bertz CT molecular complexity index is 1250. The molecular weight excluding hydrogens is 454 g/mol. The molecule has 0 radical (unpaired) electrons. The lowest BCUT2D eigenvalue weighted by Crippen LogP contribution is -2.29. The average Bonchev–Trinajstić information content (AvgIpc) is 3.23. The fraction of sp³-hybridized carbons (Fsp3) is 0.200. The maximum atomic E-state index is 13.0. The molecule has 168 valence electrons. The van der Waals surface area contributed by atoms with Crippen LogP contribution in [0, 0.1) is 24.0 Å². The highest BCUT2D eigenvalue weighted by molar-refractivity contribution is 8.26. The number of benzene rings is 2. The standard InChI is InChI=1S/C25H23N3O3S2/c1-17-15-20(18(2)27(17)21-10-12-22(13-11-21)28(30)31)16-23-24(29)26(25(32)33-23)14-6-9-19-7-4-3-5-8-19/h3-5,7-8,10-13,15-16H,6,9,14H2,1-2H3. The van der Waals surface area contributed by atoms with E-state index in [1.807, 2.05) is 48.8 Å². The Morgan fingerprint density at radius 3 is 2.45 bits per heavy atom. The van der Waals surface area contributed by atoms with Gasteiger partial charge in [0, 0.05) is 35.8 Å². The Balaban J connectivity index is 1.50. The molecule has 0 N–H and O–H groups in total. The third kappa shape index (κ3) is 4.91. The summed E-state index contributed by atoms with van der Waals surface area (Å²) in [6.45, 7) is 4.54. The number of aryl methyl sites for hydroxylation is 2. The number of nitro benzene ring substituents is 1. The molecule has 8 heteroatoms. The second-order valence-electron chi connectivity index (χ2n) is 7.86. The van der Waals surface area contributed by atoms with Crippen LogP contribution in [-0.4, -0.2) is 31.2 Å². The van der Waals surface area contributed by atoms with Crippen LogP contribution in [-0.2, 0) is 11.2 Å². The summed E-state index contributed by atoms with van der Waals surface area (Å²) in [7, 11) is 0. The van der Waals surface area contributed by atoms with Crippen LogP contribution in [0.2, 0.25) is 0 Å². The topological polar surface area (TPSA) is 68.4 Å². The molecule has 0 aliphatic carbocycles. The second kappa shape index (κ2) is 9.72. The minimum absolute atomic E-state index is 0.0531. The van der Waals surface area contributed by atoms with Gasteiger partial charge < -0.3 is 4.57 Å². The van der Waals surface area contributed by atoms with E-state index in [-0.39, 0.29) is 11.6 Å². The zero-order valence-corrected chi connectivity index (χ0v) is 20.0. The van der Waals surface area contributed by atoms with Crippen LogP contribution in [0.5, 0.6) is 0 Å². The first-order valence-corrected chi connectivity index (χ1v) is 11.8. The number of carbonyl (C=O) groups excluding carboxylic acids is 1. The van der Waals surface area contributed by atoms with Crippen molar-refractivity contribution in [2.45, 2.75) is 26.7 Å². The molecule has 4 rings (SSSR count). The Kier molecular flexibility index (Phi) is 6.76. The summed E-state index contributed by atoms with van der Waals surface area (Å²) in [6, 6.07) is 18.7. The van der Waals surface area contributed by atoms with E-state index in [9.17, 15) is 14.9 Å². The zero-order valence-electron chi connectivity index (χ0n) is 18.4. The highest BCUT2D eigenvalue weighted by Gasteiger charge is 2.31. The summed E-state index contributed by atoms with van der Waals surface area (Å²) < 4.78 is 2.61. The molecule has 1 aromatic heterocycles. The van der Waals surface area contributed by atoms with Crippen molar-refractivity contribution in [1.82, 2.24) is 9.47 Å². The van der Waals surface area contributed by atoms with Crippen molar-refractivity contribution in [3.63, 3.8) is 0 Å². The van der Waals surface area contributed by atoms with Gasteiger partial charge in [0.05, 0.1) is 9.83 Å². The van der Waals surface area contributed by atoms with Crippen molar-refractivity contribution in [2.75, 3.05) is 6.54 Å². The van der Waals surface area contributed by atoms with Gasteiger partial charge in [0.1, 0.15) is 4.32 Å². The van der Waals surface area contributed by atoms with E-state index in [4.69, 9.17) is 12.2 Å². The minimum atomic E-state index is -0.410. The normalized spacial score (nSPS) is 15.0. The molecule has 0 spiro atoms. The molecule has 1 amide bonds. The molecule has 33 heavy (non-hydrogen) atoms. The SMILES string of the molecule is Cc1cc(C=C2SC(=S)N(CCCc3ccccc3)C2=O)c(C)n1-c1ccc([N+](=O)[O-])cc1. The predicted octanol–water partition coefficient (Wildman–Crippen LogP) is 5.84. The van der Waals surface area contributed by atoms with E-state index in [1.165, 1.54) is 29.5 Å². The Morgan fingerprint density at radius 1 is 1.09 bits per heavy atom. The first kappa shape index (κ1) is 22.9. The fourth-order valence-corrected chi connectivity index (χ4v) is 5.27. The Hall–Kier alpha value is -3.23. The number of thioether (sulfide) groups is 1. The van der Waals surface area contributed by atoms with Gasteiger partial charge in [-0.25, -0.2) is 0 Å².